The Morgan fingerprint density at radius 1 is 0.243 bits per heavy atom. The van der Waals surface area contributed by atoms with E-state index in [0.29, 0.717) is 27.9 Å². The second-order valence-corrected chi connectivity index (χ2v) is 34.1. The van der Waals surface area contributed by atoms with Crippen LogP contribution in [0.25, 0.3) is 84.8 Å². The quantitative estimate of drug-likeness (QED) is 0.0280. The number of hydrogen-bond donors (Lipinski definition) is 1. The summed E-state index contributed by atoms with van der Waals surface area (Å²) in [4.78, 5) is 23.8. The Morgan fingerprint density at radius 2 is 0.438 bits per heavy atom. The van der Waals surface area contributed by atoms with Gasteiger partial charge in [-0.3, -0.25) is 4.79 Å². The summed E-state index contributed by atoms with van der Waals surface area (Å²) in [6.07, 6.45) is 8.68. The van der Waals surface area contributed by atoms with Gasteiger partial charge in [-0.25, -0.2) is 4.85 Å². The van der Waals surface area contributed by atoms with Crippen molar-refractivity contribution in [2.75, 3.05) is 24.9 Å². The van der Waals surface area contributed by atoms with Crippen molar-refractivity contribution in [3.63, 3.8) is 0 Å². The number of nitriles is 1. The fourth-order valence-corrected chi connectivity index (χ4v) is 16.8. The van der Waals surface area contributed by atoms with Gasteiger partial charge in [0.1, 0.15) is 6.29 Å². The van der Waals surface area contributed by atoms with Crippen LogP contribution in [0.2, 0.25) is 0 Å². The first-order valence-corrected chi connectivity index (χ1v) is 47.8. The van der Waals surface area contributed by atoms with E-state index in [1.54, 1.807) is 12.1 Å². The van der Waals surface area contributed by atoms with Crippen molar-refractivity contribution in [2.45, 2.75) is 7.43 Å². The van der Waals surface area contributed by atoms with E-state index in [4.69, 9.17) is 6.57 Å². The minimum Gasteiger partial charge on any atom is -0.356 e. The van der Waals surface area contributed by atoms with Crippen molar-refractivity contribution < 1.29 is 6.22 Å². The molecule has 0 aliphatic rings. The number of rotatable bonds is 24. The van der Waals surface area contributed by atoms with Crippen LogP contribution in [0, 0.1) is 17.9 Å². The lowest BCUT2D eigenvalue weighted by molar-refractivity contribution is 0.112. The average molecular weight is 1920 g/mol. The SMILES string of the molecule is Brc1ccc(-c2ccccc2)cc1.C.O=Cc1ccc(N(c2ccccc2)c2ccc(-c3ccccc3)cc2)cc1.[2HH].[B].[C-]#[N+]c1cc(/C=C/c2ccc(N(c3ccccc3)c3ccc(-c4ccccc4)cc3)cc2)c(C#N)cc1/C=C/c1ccc(N(c2ccccc2)c2ccc(-c3ccccc3)cc2)cc1.c1ccc(-c2ccc(N(c3ccccc3)c3ccccc3)cc2)cc1.c1ccc(Nc2ccccc2)cc1. The molecule has 10 heteroatoms. The number of halogens is 1. The van der Waals surface area contributed by atoms with Gasteiger partial charge >= 0.3 is 0 Å². The molecule has 144 heavy (non-hydrogen) atoms. The fourth-order valence-electron chi connectivity index (χ4n) is 16.5. The van der Waals surface area contributed by atoms with E-state index < -0.39 is 0 Å². The molecular weight excluding hydrogens is 1810 g/mol. The maximum Gasteiger partial charge on any atom is 0.194 e. The summed E-state index contributed by atoms with van der Waals surface area (Å²) >= 11 is 3.42. The first-order chi connectivity index (χ1) is 70.2. The Labute approximate surface area is 859 Å². The maximum absolute atomic E-state index is 11.0. The number of aldehydes is 1. The lowest BCUT2D eigenvalue weighted by Crippen LogP contribution is -2.09. The van der Waals surface area contributed by atoms with Crippen LogP contribution in [-0.4, -0.2) is 14.7 Å². The molecule has 0 spiro atoms. The standard InChI is InChI=1S/C60H42N4.C25H19NO.C24H19N.C12H9Br.C12H11N.CH4.B.H2/c1-62-60-43-51(28-22-45-24-34-56(35-25-45)63(54-18-10-4-11-19-54)58-38-30-49(31-39-58)47-14-6-2-7-15-47)53(44-61)42-52(60)29-23-46-26-36-57(37-27-46)64(55-20-12-5-13-21-55)59-40-32-50(33-41-59)48-16-8-3-9-17-48;27-19-20-11-15-24(16-12-20)26(23-9-5-2-6-10-23)25-17-13-22(14-18-25)21-7-3-1-4-8-21;1-4-10-20(11-5-1)21-16-18-24(19-17-21)25(22-12-6-2-7-13-22)23-14-8-3-9-15-23;13-12-8-6-11(7-9-12)10-4-2-1-3-5-10;1-3-7-11(8-4-1)13-12-9-5-2-6-10-12;;;/h2-43H;1-19H;1-19H;1-9H;1-10,13H;1H4;;1H/b28-22+,29-23+;;;;;;;/i;;;;;;;1+1. The molecule has 0 saturated heterocycles. The number of carbonyl (C=O) groups excluding carboxylic acids is 1. The molecular formula is C134H106BBrN7O. The molecule has 0 heterocycles. The normalized spacial score (nSPS) is 10.4. The second kappa shape index (κ2) is 51.6. The van der Waals surface area contributed by atoms with Crippen LogP contribution in [0.3, 0.4) is 0 Å². The van der Waals surface area contributed by atoms with Gasteiger partial charge < -0.3 is 24.9 Å². The molecule has 3 radical (unpaired) electrons. The first-order valence-electron chi connectivity index (χ1n) is 47.0. The van der Waals surface area contributed by atoms with Crippen LogP contribution in [0.15, 0.2) is 575 Å². The van der Waals surface area contributed by atoms with Crippen molar-refractivity contribution >= 4 is 140 Å². The summed E-state index contributed by atoms with van der Waals surface area (Å²) < 4.78 is 1.12. The number of para-hydroxylation sites is 7. The van der Waals surface area contributed by atoms with Gasteiger partial charge in [0, 0.05) is 99.5 Å². The van der Waals surface area contributed by atoms with E-state index in [-0.39, 0.29) is 17.3 Å². The third-order valence-electron chi connectivity index (χ3n) is 23.7. The molecule has 0 atom stereocenters. The van der Waals surface area contributed by atoms with E-state index >= 15 is 0 Å². The van der Waals surface area contributed by atoms with Crippen molar-refractivity contribution in [3.05, 3.63) is 620 Å². The van der Waals surface area contributed by atoms with Crippen LogP contribution in [-0.2, 0) is 0 Å². The Bertz CT molecular complexity index is 7360. The summed E-state index contributed by atoms with van der Waals surface area (Å²) in [7, 11) is 0. The molecule has 0 unspecified atom stereocenters. The van der Waals surface area contributed by atoms with E-state index in [0.717, 1.165) is 102 Å². The summed E-state index contributed by atoms with van der Waals surface area (Å²) in [5, 5.41) is 13.5. The van der Waals surface area contributed by atoms with Crippen molar-refractivity contribution in [2.24, 2.45) is 0 Å². The van der Waals surface area contributed by atoms with Gasteiger partial charge in [-0.1, -0.05) is 412 Å². The molecule has 21 rings (SSSR count). The molecule has 0 bridgehead atoms. The van der Waals surface area contributed by atoms with E-state index in [1.165, 1.54) is 55.6 Å². The lowest BCUT2D eigenvalue weighted by atomic mass is 10.0. The van der Waals surface area contributed by atoms with Crippen molar-refractivity contribution in [1.29, 1.82) is 5.26 Å². The summed E-state index contributed by atoms with van der Waals surface area (Å²) in [6, 6.07) is 197. The topological polar surface area (TPSA) is 70.2 Å². The molecule has 21 aromatic carbocycles. The summed E-state index contributed by atoms with van der Waals surface area (Å²) in [6.45, 7) is 8.02. The molecule has 693 valence electrons. The predicted octanol–water partition coefficient (Wildman–Crippen LogP) is 38.2. The van der Waals surface area contributed by atoms with Gasteiger partial charge in [-0.2, -0.15) is 5.26 Å². The minimum absolute atomic E-state index is 0. The molecule has 21 aromatic rings. The minimum atomic E-state index is 0. The van der Waals surface area contributed by atoms with Crippen LogP contribution in [0.4, 0.5) is 85.3 Å². The third kappa shape index (κ3) is 27.0. The van der Waals surface area contributed by atoms with Crippen LogP contribution in [0.1, 0.15) is 47.0 Å². The van der Waals surface area contributed by atoms with Crippen molar-refractivity contribution in [1.82, 2.24) is 0 Å². The number of nitrogens with zero attached hydrogens (tertiary/aromatic N) is 6. The highest BCUT2D eigenvalue weighted by atomic mass is 79.9. The van der Waals surface area contributed by atoms with Gasteiger partial charge in [-0.05, 0) is 284 Å². The monoisotopic (exact) mass is 1920 g/mol. The highest BCUT2D eigenvalue weighted by molar-refractivity contribution is 9.10. The van der Waals surface area contributed by atoms with Gasteiger partial charge in [0.2, 0.25) is 0 Å². The lowest BCUT2D eigenvalue weighted by Gasteiger charge is -2.25. The number of nitrogens with one attached hydrogen (secondary N) is 1. The van der Waals surface area contributed by atoms with E-state index in [2.05, 4.69) is 416 Å². The zero-order valence-corrected chi connectivity index (χ0v) is 80.3. The largest absolute Gasteiger partial charge is 0.356 e. The Morgan fingerprint density at radius 3 is 0.667 bits per heavy atom. The molecule has 1 N–H and O–H groups in total. The number of carbonyl (C=O) groups is 1. The highest BCUT2D eigenvalue weighted by Gasteiger charge is 2.19. The number of anilines is 14. The highest BCUT2D eigenvalue weighted by Crippen LogP contribution is 2.42. The molecule has 0 aromatic heterocycles. The fraction of sp³-hybridized carbons (Fsp3) is 0.00746. The van der Waals surface area contributed by atoms with Crippen LogP contribution >= 0.6 is 15.9 Å². The van der Waals surface area contributed by atoms with Crippen molar-refractivity contribution in [3.8, 4) is 61.7 Å². The summed E-state index contributed by atoms with van der Waals surface area (Å²) in [5.74, 6) is 0. The molecule has 0 fully saturated rings. The van der Waals surface area contributed by atoms with Gasteiger partial charge in [-0.15, -0.1) is 0 Å². The second-order valence-electron chi connectivity index (χ2n) is 33.2. The zero-order chi connectivity index (χ0) is 96.9. The van der Waals surface area contributed by atoms with Crippen LogP contribution < -0.4 is 24.9 Å². The smallest absolute Gasteiger partial charge is 0.194 e. The number of hydrogen-bond acceptors (Lipinski definition) is 7. The average Bonchev–Trinajstić information content (AvgIpc) is 0.798. The van der Waals surface area contributed by atoms with Gasteiger partial charge in [0.15, 0.2) is 5.69 Å². The van der Waals surface area contributed by atoms with Gasteiger partial charge in [0.05, 0.1) is 18.2 Å². The Kier molecular flexibility index (Phi) is 35.8. The van der Waals surface area contributed by atoms with E-state index in [9.17, 15) is 10.1 Å². The Hall–Kier alpha value is -18.7. The molecule has 0 saturated carbocycles. The van der Waals surface area contributed by atoms with Crippen LogP contribution in [0.5, 0.6) is 0 Å². The van der Waals surface area contributed by atoms with Gasteiger partial charge in [0.25, 0.3) is 0 Å². The molecule has 0 amide bonds. The molecule has 0 aliphatic heterocycles. The first kappa shape index (κ1) is 99.8. The van der Waals surface area contributed by atoms with E-state index in [1.807, 2.05) is 218 Å². The zero-order valence-electron chi connectivity index (χ0n) is 78.7. The number of benzene rings is 21. The third-order valence-corrected chi connectivity index (χ3v) is 24.3. The Balaban J connectivity index is 0.000000167. The summed E-state index contributed by atoms with van der Waals surface area (Å²) in [5.41, 5.74) is 32.2. The predicted molar refractivity (Wildman–Crippen MR) is 617 cm³/mol. The molecule has 0 aliphatic carbocycles. The maximum atomic E-state index is 11.0. The molecule has 8 nitrogen and oxygen atoms in total.